The third-order valence-electron chi connectivity index (χ3n) is 2.33. The molecule has 1 aromatic carbocycles. The van der Waals surface area contributed by atoms with Gasteiger partial charge in [0.05, 0.1) is 22.0 Å². The number of halogens is 2. The monoisotopic (exact) mass is 336 g/mol. The zero-order chi connectivity index (χ0) is 15.3. The van der Waals surface area contributed by atoms with Crippen LogP contribution in [-0.2, 0) is 14.8 Å². The summed E-state index contributed by atoms with van der Waals surface area (Å²) < 4.78 is 24.6. The van der Waals surface area contributed by atoms with E-state index in [-0.39, 0.29) is 28.8 Å². The normalized spacial score (nSPS) is 10.9. The lowest BCUT2D eigenvalue weighted by atomic mass is 10.3. The van der Waals surface area contributed by atoms with E-state index < -0.39 is 15.9 Å². The molecule has 20 heavy (non-hydrogen) atoms. The highest BCUT2D eigenvalue weighted by atomic mass is 35.5. The van der Waals surface area contributed by atoms with Crippen molar-refractivity contribution in [1.29, 1.82) is 0 Å². The summed E-state index contributed by atoms with van der Waals surface area (Å²) in [6.07, 6.45) is 2.49. The van der Waals surface area contributed by atoms with Crippen molar-refractivity contribution < 1.29 is 13.2 Å². The zero-order valence-electron chi connectivity index (χ0n) is 10.8. The van der Waals surface area contributed by atoms with E-state index in [2.05, 4.69) is 11.9 Å². The van der Waals surface area contributed by atoms with Crippen LogP contribution in [0.1, 0.15) is 0 Å². The van der Waals surface area contributed by atoms with Crippen LogP contribution >= 0.6 is 23.2 Å². The molecule has 110 valence electrons. The Bertz CT molecular complexity index is 617. The van der Waals surface area contributed by atoms with E-state index in [1.54, 1.807) is 6.07 Å². The van der Waals surface area contributed by atoms with Gasteiger partial charge in [0.2, 0.25) is 15.9 Å². The number of nitrogens with zero attached hydrogens (tertiary/aromatic N) is 1. The Hall–Kier alpha value is -1.24. The molecule has 8 heteroatoms. The molecule has 5 nitrogen and oxygen atoms in total. The lowest BCUT2D eigenvalue weighted by Crippen LogP contribution is -2.40. The van der Waals surface area contributed by atoms with Crippen molar-refractivity contribution in [3.05, 3.63) is 40.9 Å². The average molecular weight is 337 g/mol. The van der Waals surface area contributed by atoms with Gasteiger partial charge in [-0.15, -0.1) is 6.58 Å². The SMILES string of the molecule is C=CCNC(=O)CN(c1cccc(Cl)c1Cl)S(C)(=O)=O. The van der Waals surface area contributed by atoms with E-state index in [9.17, 15) is 13.2 Å². The molecular formula is C12H14Cl2N2O3S. The van der Waals surface area contributed by atoms with Crippen LogP contribution in [0.3, 0.4) is 0 Å². The number of sulfonamides is 1. The lowest BCUT2D eigenvalue weighted by Gasteiger charge is -2.23. The summed E-state index contributed by atoms with van der Waals surface area (Å²) in [6.45, 7) is 3.33. The van der Waals surface area contributed by atoms with Crippen LogP contribution in [-0.4, -0.2) is 33.7 Å². The number of rotatable bonds is 6. The topological polar surface area (TPSA) is 66.5 Å². The quantitative estimate of drug-likeness (QED) is 0.808. The van der Waals surface area contributed by atoms with Gasteiger partial charge in [-0.25, -0.2) is 8.42 Å². The summed E-state index contributed by atoms with van der Waals surface area (Å²) in [6, 6.07) is 4.57. The number of nitrogens with one attached hydrogen (secondary N) is 1. The van der Waals surface area contributed by atoms with Gasteiger partial charge in [0.1, 0.15) is 6.54 Å². The van der Waals surface area contributed by atoms with Crippen LogP contribution < -0.4 is 9.62 Å². The minimum atomic E-state index is -3.67. The highest BCUT2D eigenvalue weighted by Gasteiger charge is 2.23. The predicted molar refractivity (Wildman–Crippen MR) is 81.9 cm³/mol. The third kappa shape index (κ3) is 4.40. The first-order valence-corrected chi connectivity index (χ1v) is 8.17. The van der Waals surface area contributed by atoms with Crippen LogP contribution in [0, 0.1) is 0 Å². The highest BCUT2D eigenvalue weighted by molar-refractivity contribution is 7.92. The number of hydrogen-bond acceptors (Lipinski definition) is 3. The van der Waals surface area contributed by atoms with Gasteiger partial charge in [-0.3, -0.25) is 9.10 Å². The van der Waals surface area contributed by atoms with Crippen LogP contribution in [0.5, 0.6) is 0 Å². The van der Waals surface area contributed by atoms with Crippen molar-refractivity contribution in [3.8, 4) is 0 Å². The molecule has 1 aromatic rings. The molecule has 0 heterocycles. The summed E-state index contributed by atoms with van der Waals surface area (Å²) in [5.74, 6) is -0.466. The van der Waals surface area contributed by atoms with E-state index in [0.29, 0.717) is 0 Å². The van der Waals surface area contributed by atoms with Crippen molar-refractivity contribution in [2.75, 3.05) is 23.7 Å². The molecule has 0 aliphatic carbocycles. The Morgan fingerprint density at radius 2 is 2.10 bits per heavy atom. The molecule has 0 bridgehead atoms. The molecule has 0 fully saturated rings. The van der Waals surface area contributed by atoms with E-state index >= 15 is 0 Å². The highest BCUT2D eigenvalue weighted by Crippen LogP contribution is 2.33. The molecule has 0 atom stereocenters. The van der Waals surface area contributed by atoms with Gasteiger partial charge in [0, 0.05) is 6.54 Å². The number of carbonyl (C=O) groups excluding carboxylic acids is 1. The minimum absolute atomic E-state index is 0.0797. The van der Waals surface area contributed by atoms with Crippen LogP contribution in [0.25, 0.3) is 0 Å². The average Bonchev–Trinajstić information content (AvgIpc) is 2.36. The lowest BCUT2D eigenvalue weighted by molar-refractivity contribution is -0.119. The Morgan fingerprint density at radius 3 is 2.65 bits per heavy atom. The summed E-state index contributed by atoms with van der Waals surface area (Å²) in [5.41, 5.74) is 0.162. The Morgan fingerprint density at radius 1 is 1.45 bits per heavy atom. The first-order valence-electron chi connectivity index (χ1n) is 5.56. The zero-order valence-corrected chi connectivity index (χ0v) is 13.1. The molecule has 0 aliphatic heterocycles. The maximum absolute atomic E-state index is 11.8. The van der Waals surface area contributed by atoms with E-state index in [4.69, 9.17) is 23.2 Å². The molecule has 0 saturated heterocycles. The molecule has 0 unspecified atom stereocenters. The fourth-order valence-corrected chi connectivity index (χ4v) is 2.75. The van der Waals surface area contributed by atoms with Crippen LogP contribution in [0.4, 0.5) is 5.69 Å². The van der Waals surface area contributed by atoms with Crippen molar-refractivity contribution >= 4 is 44.8 Å². The second kappa shape index (κ2) is 6.97. The molecule has 0 spiro atoms. The third-order valence-corrected chi connectivity index (χ3v) is 4.27. The largest absolute Gasteiger partial charge is 0.351 e. The molecule has 1 rings (SSSR count). The van der Waals surface area contributed by atoms with Gasteiger partial charge in [-0.2, -0.15) is 0 Å². The smallest absolute Gasteiger partial charge is 0.241 e. The van der Waals surface area contributed by atoms with Gasteiger partial charge in [0.25, 0.3) is 0 Å². The molecule has 0 radical (unpaired) electrons. The molecule has 0 saturated carbocycles. The summed E-state index contributed by atoms with van der Waals surface area (Å²) in [4.78, 5) is 11.7. The molecule has 1 N–H and O–H groups in total. The van der Waals surface area contributed by atoms with E-state index in [1.807, 2.05) is 0 Å². The van der Waals surface area contributed by atoms with Gasteiger partial charge in [-0.1, -0.05) is 35.3 Å². The number of amides is 1. The number of anilines is 1. The number of carbonyl (C=O) groups is 1. The molecule has 0 aliphatic rings. The number of hydrogen-bond donors (Lipinski definition) is 1. The number of benzene rings is 1. The maximum Gasteiger partial charge on any atom is 0.241 e. The van der Waals surface area contributed by atoms with Crippen molar-refractivity contribution in [2.45, 2.75) is 0 Å². The summed E-state index contributed by atoms with van der Waals surface area (Å²) >= 11 is 11.9. The predicted octanol–water partition coefficient (Wildman–Crippen LogP) is 2.06. The maximum atomic E-state index is 11.8. The van der Waals surface area contributed by atoms with Crippen LogP contribution in [0.2, 0.25) is 10.0 Å². The molecule has 1 amide bonds. The fraction of sp³-hybridized carbons (Fsp3) is 0.250. The first-order chi connectivity index (χ1) is 9.27. The molecule has 0 aromatic heterocycles. The van der Waals surface area contributed by atoms with E-state index in [1.165, 1.54) is 18.2 Å². The van der Waals surface area contributed by atoms with Gasteiger partial charge in [0.15, 0.2) is 0 Å². The van der Waals surface area contributed by atoms with Crippen LogP contribution in [0.15, 0.2) is 30.9 Å². The van der Waals surface area contributed by atoms with E-state index in [0.717, 1.165) is 10.6 Å². The van der Waals surface area contributed by atoms with Crippen molar-refractivity contribution in [2.24, 2.45) is 0 Å². The summed E-state index contributed by atoms with van der Waals surface area (Å²) in [5, 5.41) is 2.79. The first kappa shape index (κ1) is 16.8. The fourth-order valence-electron chi connectivity index (χ4n) is 1.44. The standard InChI is InChI=1S/C12H14Cl2N2O3S/c1-3-7-15-11(17)8-16(20(2,18)19)10-6-4-5-9(13)12(10)14/h3-6H,1,7-8H2,2H3,(H,15,17). The molecular weight excluding hydrogens is 323 g/mol. The second-order valence-electron chi connectivity index (χ2n) is 3.94. The van der Waals surface area contributed by atoms with Gasteiger partial charge >= 0.3 is 0 Å². The van der Waals surface area contributed by atoms with Crippen molar-refractivity contribution in [3.63, 3.8) is 0 Å². The summed E-state index contributed by atoms with van der Waals surface area (Å²) in [7, 11) is -3.67. The minimum Gasteiger partial charge on any atom is -0.351 e. The van der Waals surface area contributed by atoms with Gasteiger partial charge < -0.3 is 5.32 Å². The van der Waals surface area contributed by atoms with Gasteiger partial charge in [-0.05, 0) is 12.1 Å². The Balaban J connectivity index is 3.11. The Labute approximate surface area is 128 Å². The second-order valence-corrected chi connectivity index (χ2v) is 6.63. The van der Waals surface area contributed by atoms with Crippen molar-refractivity contribution in [1.82, 2.24) is 5.32 Å². The Kier molecular flexibility index (Phi) is 5.86.